The van der Waals surface area contributed by atoms with E-state index in [1.54, 1.807) is 0 Å². The van der Waals surface area contributed by atoms with Crippen LogP contribution in [0.5, 0.6) is 0 Å². The van der Waals surface area contributed by atoms with Crippen LogP contribution >= 0.6 is 0 Å². The lowest BCUT2D eigenvalue weighted by Crippen LogP contribution is -2.22. The van der Waals surface area contributed by atoms with Gasteiger partial charge < -0.3 is 11.5 Å². The molecule has 7 nitrogen and oxygen atoms in total. The molecule has 0 saturated carbocycles. The van der Waals surface area contributed by atoms with E-state index in [2.05, 4.69) is 34.6 Å². The second-order valence-electron chi connectivity index (χ2n) is 7.55. The summed E-state index contributed by atoms with van der Waals surface area (Å²) >= 11 is 0. The van der Waals surface area contributed by atoms with Gasteiger partial charge in [-0.1, -0.05) is 31.7 Å². The van der Waals surface area contributed by atoms with E-state index in [4.69, 9.17) is 11.5 Å². The molecule has 1 aromatic carbocycles. The van der Waals surface area contributed by atoms with Crippen molar-refractivity contribution in [3.63, 3.8) is 0 Å². The smallest absolute Gasteiger partial charge is 0.244 e. The number of primary amides is 1. The number of nitrogen functional groups attached to an aromatic ring is 1. The van der Waals surface area contributed by atoms with Crippen LogP contribution in [-0.2, 0) is 11.2 Å². The van der Waals surface area contributed by atoms with Crippen molar-refractivity contribution in [2.45, 2.75) is 19.3 Å². The molecular formula is C22H20N6O. The van der Waals surface area contributed by atoms with E-state index >= 15 is 0 Å². The molecule has 5 rings (SSSR count). The highest BCUT2D eigenvalue weighted by atomic mass is 16.1. The summed E-state index contributed by atoms with van der Waals surface area (Å²) < 4.78 is 1.84. The molecule has 144 valence electrons. The number of para-hydroxylation sites is 1. The largest absolute Gasteiger partial charge is 0.382 e. The van der Waals surface area contributed by atoms with Gasteiger partial charge in [-0.25, -0.2) is 9.50 Å². The van der Waals surface area contributed by atoms with E-state index in [0.29, 0.717) is 17.8 Å². The summed E-state index contributed by atoms with van der Waals surface area (Å²) in [5.41, 5.74) is 17.9. The number of nitrogens with two attached hydrogens (primary N) is 2. The molecule has 2 atom stereocenters. The number of amides is 1. The number of hydrogen-bond acceptors (Lipinski definition) is 5. The number of anilines is 1. The number of rotatable bonds is 3. The Hall–Kier alpha value is -3.74. The first-order chi connectivity index (χ1) is 14.0. The third kappa shape index (κ3) is 2.44. The summed E-state index contributed by atoms with van der Waals surface area (Å²) in [6.07, 6.45) is 3.93. The number of hydrogen-bond donors (Lipinski definition) is 2. The Balaban J connectivity index is 1.80. The highest BCUT2D eigenvalue weighted by molar-refractivity contribution is 5.96. The Morgan fingerprint density at radius 3 is 2.86 bits per heavy atom. The van der Waals surface area contributed by atoms with Crippen molar-refractivity contribution in [1.29, 1.82) is 0 Å². The number of nitrogens with zero attached hydrogens (tertiary/aromatic N) is 4. The Morgan fingerprint density at radius 2 is 2.07 bits per heavy atom. The molecule has 0 fully saturated rings. The molecule has 1 amide bonds. The van der Waals surface area contributed by atoms with Gasteiger partial charge in [0.15, 0.2) is 5.82 Å². The number of carbonyl (C=O) groups excluding carboxylic acids is 1. The van der Waals surface area contributed by atoms with Crippen molar-refractivity contribution >= 4 is 28.1 Å². The molecule has 7 heteroatoms. The highest BCUT2D eigenvalue weighted by Crippen LogP contribution is 2.49. The molecule has 29 heavy (non-hydrogen) atoms. The number of benzene rings is 1. The minimum Gasteiger partial charge on any atom is -0.382 e. The number of carbonyl (C=O) groups is 1. The highest BCUT2D eigenvalue weighted by Gasteiger charge is 2.39. The van der Waals surface area contributed by atoms with Gasteiger partial charge in [-0.05, 0) is 30.0 Å². The van der Waals surface area contributed by atoms with Crippen LogP contribution < -0.4 is 11.5 Å². The van der Waals surface area contributed by atoms with Crippen molar-refractivity contribution in [2.75, 3.05) is 5.73 Å². The van der Waals surface area contributed by atoms with Crippen LogP contribution in [0.2, 0.25) is 0 Å². The monoisotopic (exact) mass is 384 g/mol. The maximum Gasteiger partial charge on any atom is 0.244 e. The molecule has 2 unspecified atom stereocenters. The molecule has 3 aromatic heterocycles. The maximum absolute atomic E-state index is 11.8. The van der Waals surface area contributed by atoms with Crippen LogP contribution in [-0.4, -0.2) is 25.5 Å². The van der Waals surface area contributed by atoms with Crippen LogP contribution in [0.1, 0.15) is 24.1 Å². The second kappa shape index (κ2) is 6.13. The molecule has 0 saturated heterocycles. The Morgan fingerprint density at radius 1 is 1.28 bits per heavy atom. The molecule has 1 aliphatic rings. The van der Waals surface area contributed by atoms with E-state index < -0.39 is 5.91 Å². The lowest BCUT2D eigenvalue weighted by atomic mass is 9.85. The Kier molecular flexibility index (Phi) is 3.67. The van der Waals surface area contributed by atoms with Crippen molar-refractivity contribution in [3.05, 3.63) is 66.3 Å². The molecule has 3 heterocycles. The molecule has 0 bridgehead atoms. The van der Waals surface area contributed by atoms with Gasteiger partial charge in [0.2, 0.25) is 5.91 Å². The fraction of sp³-hybridized carbons (Fsp3) is 0.182. The zero-order valence-electron chi connectivity index (χ0n) is 16.0. The Bertz CT molecular complexity index is 1320. The zero-order chi connectivity index (χ0) is 20.3. The van der Waals surface area contributed by atoms with E-state index in [-0.39, 0.29) is 11.8 Å². The van der Waals surface area contributed by atoms with Gasteiger partial charge in [0, 0.05) is 39.9 Å². The Labute approximate surface area is 167 Å². The SMILES string of the molecule is C=C(C(N)=O)C1Cc2c(c(-c3cnc4ccccc4c3)c3c(N)ncnn23)C1C. The van der Waals surface area contributed by atoms with Gasteiger partial charge in [0.1, 0.15) is 11.8 Å². The lowest BCUT2D eigenvalue weighted by Gasteiger charge is -2.18. The van der Waals surface area contributed by atoms with Crippen molar-refractivity contribution < 1.29 is 4.79 Å². The van der Waals surface area contributed by atoms with Crippen molar-refractivity contribution in [1.82, 2.24) is 19.6 Å². The standard InChI is InChI=1S/C22H20N6O/c1-11-15(12(2)22(24)29)8-17-18(11)19(20-21(23)26-10-27-28(17)20)14-7-13-5-3-4-6-16(13)25-9-14/h3-7,9-11,15H,2,8H2,1H3,(H2,24,29)(H2,23,26,27). The first-order valence-corrected chi connectivity index (χ1v) is 9.45. The van der Waals surface area contributed by atoms with Gasteiger partial charge >= 0.3 is 0 Å². The third-order valence-corrected chi connectivity index (χ3v) is 6.01. The van der Waals surface area contributed by atoms with E-state index in [1.165, 1.54) is 6.33 Å². The van der Waals surface area contributed by atoms with Crippen molar-refractivity contribution in [3.8, 4) is 11.1 Å². The maximum atomic E-state index is 11.8. The van der Waals surface area contributed by atoms with Crippen molar-refractivity contribution in [2.24, 2.45) is 11.7 Å². The fourth-order valence-corrected chi connectivity index (χ4v) is 4.57. The molecule has 0 radical (unpaired) electrons. The normalized spacial score (nSPS) is 18.2. The fourth-order valence-electron chi connectivity index (χ4n) is 4.57. The van der Waals surface area contributed by atoms with Crippen LogP contribution in [0.3, 0.4) is 0 Å². The third-order valence-electron chi connectivity index (χ3n) is 6.01. The van der Waals surface area contributed by atoms with Crippen LogP contribution in [0.25, 0.3) is 27.5 Å². The molecule has 1 aliphatic carbocycles. The van der Waals surface area contributed by atoms with Crippen LogP contribution in [0.4, 0.5) is 5.82 Å². The van der Waals surface area contributed by atoms with Gasteiger partial charge in [-0.3, -0.25) is 9.78 Å². The van der Waals surface area contributed by atoms with Gasteiger partial charge in [-0.15, -0.1) is 0 Å². The van der Waals surface area contributed by atoms with E-state index in [9.17, 15) is 4.79 Å². The zero-order valence-corrected chi connectivity index (χ0v) is 16.0. The minimum atomic E-state index is -0.468. The van der Waals surface area contributed by atoms with Crippen LogP contribution in [0.15, 0.2) is 55.0 Å². The molecule has 4 aromatic rings. The number of pyridine rings is 1. The summed E-state index contributed by atoms with van der Waals surface area (Å²) in [6.45, 7) is 6.03. The predicted octanol–water partition coefficient (Wildman–Crippen LogP) is 2.84. The molecule has 4 N–H and O–H groups in total. The summed E-state index contributed by atoms with van der Waals surface area (Å²) in [5, 5.41) is 5.49. The number of fused-ring (bicyclic) bond motifs is 4. The summed E-state index contributed by atoms with van der Waals surface area (Å²) in [5.74, 6) is -0.0928. The molecule has 0 aliphatic heterocycles. The predicted molar refractivity (Wildman–Crippen MR) is 112 cm³/mol. The summed E-state index contributed by atoms with van der Waals surface area (Å²) in [7, 11) is 0. The second-order valence-corrected chi connectivity index (χ2v) is 7.55. The summed E-state index contributed by atoms with van der Waals surface area (Å²) in [4.78, 5) is 20.6. The average molecular weight is 384 g/mol. The van der Waals surface area contributed by atoms with Gasteiger partial charge in [-0.2, -0.15) is 5.10 Å². The minimum absolute atomic E-state index is 0.0348. The molecule has 0 spiro atoms. The lowest BCUT2D eigenvalue weighted by molar-refractivity contribution is -0.115. The first kappa shape index (κ1) is 17.4. The van der Waals surface area contributed by atoms with Crippen LogP contribution in [0, 0.1) is 5.92 Å². The quantitative estimate of drug-likeness (QED) is 0.528. The topological polar surface area (TPSA) is 112 Å². The first-order valence-electron chi connectivity index (χ1n) is 9.45. The number of aromatic nitrogens is 4. The molecular weight excluding hydrogens is 364 g/mol. The van der Waals surface area contributed by atoms with E-state index in [0.717, 1.165) is 38.8 Å². The van der Waals surface area contributed by atoms with E-state index in [1.807, 2.05) is 35.0 Å². The van der Waals surface area contributed by atoms with Gasteiger partial charge in [0.25, 0.3) is 0 Å². The van der Waals surface area contributed by atoms with Gasteiger partial charge in [0.05, 0.1) is 5.52 Å². The average Bonchev–Trinajstić information content (AvgIpc) is 3.23. The summed E-state index contributed by atoms with van der Waals surface area (Å²) in [6, 6.07) is 10.1.